The molecule has 104 valence electrons. The van der Waals surface area contributed by atoms with Gasteiger partial charge in [-0.1, -0.05) is 33.2 Å². The highest BCUT2D eigenvalue weighted by Crippen LogP contribution is 2.25. The summed E-state index contributed by atoms with van der Waals surface area (Å²) in [5.41, 5.74) is 1.47. The molecule has 3 aromatic rings. The van der Waals surface area contributed by atoms with Gasteiger partial charge < -0.3 is 4.52 Å². The minimum Gasteiger partial charge on any atom is -0.334 e. The Bertz CT molecular complexity index is 799. The van der Waals surface area contributed by atoms with E-state index in [1.54, 1.807) is 12.1 Å². The summed E-state index contributed by atoms with van der Waals surface area (Å²) in [5.74, 6) is 0.782. The van der Waals surface area contributed by atoms with Crippen LogP contribution in [0.2, 0.25) is 0 Å². The summed E-state index contributed by atoms with van der Waals surface area (Å²) < 4.78 is 6.12. The zero-order chi connectivity index (χ0) is 14.8. The lowest BCUT2D eigenvalue weighted by Crippen LogP contribution is -1.87. The van der Waals surface area contributed by atoms with E-state index in [2.05, 4.69) is 26.1 Å². The van der Waals surface area contributed by atoms with Crippen LogP contribution in [0.5, 0.6) is 0 Å². The smallest absolute Gasteiger partial charge is 0.269 e. The molecule has 0 aliphatic carbocycles. The van der Waals surface area contributed by atoms with Crippen molar-refractivity contribution in [1.29, 1.82) is 0 Å². The molecule has 6 nitrogen and oxygen atoms in total. The first-order valence-electron chi connectivity index (χ1n) is 5.98. The Hall–Kier alpha value is -2.54. The molecule has 0 amide bonds. The van der Waals surface area contributed by atoms with Crippen LogP contribution in [0.3, 0.4) is 0 Å². The van der Waals surface area contributed by atoms with Crippen LogP contribution in [0.15, 0.2) is 57.5 Å². The number of hydrogen-bond donors (Lipinski definition) is 0. The fourth-order valence-corrected chi connectivity index (χ4v) is 2.21. The van der Waals surface area contributed by atoms with Gasteiger partial charge in [-0.2, -0.15) is 4.98 Å². The second-order valence-corrected chi connectivity index (χ2v) is 5.15. The Labute approximate surface area is 127 Å². The fourth-order valence-electron chi connectivity index (χ4n) is 1.81. The Balaban J connectivity index is 1.93. The van der Waals surface area contributed by atoms with Gasteiger partial charge in [0.05, 0.1) is 4.92 Å². The molecule has 21 heavy (non-hydrogen) atoms. The average Bonchev–Trinajstić information content (AvgIpc) is 2.97. The molecule has 1 aromatic heterocycles. The Morgan fingerprint density at radius 3 is 2.52 bits per heavy atom. The van der Waals surface area contributed by atoms with Gasteiger partial charge in [-0.05, 0) is 24.3 Å². The van der Waals surface area contributed by atoms with Crippen molar-refractivity contribution in [2.45, 2.75) is 0 Å². The highest BCUT2D eigenvalue weighted by atomic mass is 79.9. The minimum absolute atomic E-state index is 0.0190. The van der Waals surface area contributed by atoms with Gasteiger partial charge in [0.15, 0.2) is 0 Å². The van der Waals surface area contributed by atoms with Gasteiger partial charge in [-0.3, -0.25) is 10.1 Å². The number of non-ortho nitro benzene ring substituents is 1. The van der Waals surface area contributed by atoms with E-state index in [0.717, 1.165) is 10.0 Å². The Morgan fingerprint density at radius 1 is 1.10 bits per heavy atom. The van der Waals surface area contributed by atoms with Crippen molar-refractivity contribution in [2.24, 2.45) is 0 Å². The van der Waals surface area contributed by atoms with E-state index in [9.17, 15) is 10.1 Å². The number of halogens is 1. The van der Waals surface area contributed by atoms with E-state index < -0.39 is 4.92 Å². The highest BCUT2D eigenvalue weighted by molar-refractivity contribution is 9.10. The molecule has 2 aromatic carbocycles. The molecule has 0 atom stereocenters. The van der Waals surface area contributed by atoms with Crippen LogP contribution < -0.4 is 0 Å². The van der Waals surface area contributed by atoms with Gasteiger partial charge in [0.2, 0.25) is 5.82 Å². The summed E-state index contributed by atoms with van der Waals surface area (Å²) >= 11 is 3.38. The lowest BCUT2D eigenvalue weighted by atomic mass is 10.2. The zero-order valence-electron chi connectivity index (χ0n) is 10.6. The zero-order valence-corrected chi connectivity index (χ0v) is 12.1. The first-order chi connectivity index (χ1) is 10.1. The second kappa shape index (κ2) is 5.45. The summed E-state index contributed by atoms with van der Waals surface area (Å²) in [7, 11) is 0. The van der Waals surface area contributed by atoms with Crippen molar-refractivity contribution in [3.8, 4) is 22.8 Å². The minimum atomic E-state index is -0.454. The number of nitro groups is 1. The molecule has 0 radical (unpaired) electrons. The molecular formula is C14H8BrN3O3. The summed E-state index contributed by atoms with van der Waals surface area (Å²) in [6.07, 6.45) is 0. The predicted molar refractivity (Wildman–Crippen MR) is 79.5 cm³/mol. The van der Waals surface area contributed by atoms with Gasteiger partial charge in [0, 0.05) is 27.7 Å². The van der Waals surface area contributed by atoms with Crippen molar-refractivity contribution < 1.29 is 9.45 Å². The van der Waals surface area contributed by atoms with Gasteiger partial charge in [-0.15, -0.1) is 0 Å². The number of rotatable bonds is 3. The molecule has 0 fully saturated rings. The maximum Gasteiger partial charge on any atom is 0.269 e. The van der Waals surface area contributed by atoms with E-state index in [-0.39, 0.29) is 5.69 Å². The first kappa shape index (κ1) is 13.4. The molecule has 0 saturated heterocycles. The van der Waals surface area contributed by atoms with E-state index in [0.29, 0.717) is 17.3 Å². The predicted octanol–water partition coefficient (Wildman–Crippen LogP) is 4.07. The van der Waals surface area contributed by atoms with Crippen LogP contribution in [0.25, 0.3) is 22.8 Å². The third-order valence-corrected chi connectivity index (χ3v) is 3.33. The number of nitro benzene ring substituents is 1. The maximum atomic E-state index is 10.6. The molecule has 0 N–H and O–H groups in total. The van der Waals surface area contributed by atoms with Gasteiger partial charge >= 0.3 is 0 Å². The van der Waals surface area contributed by atoms with Crippen molar-refractivity contribution in [3.63, 3.8) is 0 Å². The van der Waals surface area contributed by atoms with Crippen LogP contribution >= 0.6 is 15.9 Å². The SMILES string of the molecule is O=[N+]([O-])c1ccc(-c2nc(-c3cccc(Br)c3)no2)cc1. The van der Waals surface area contributed by atoms with E-state index in [1.807, 2.05) is 24.3 Å². The third kappa shape index (κ3) is 2.82. The molecule has 0 saturated carbocycles. The molecule has 0 aliphatic rings. The maximum absolute atomic E-state index is 10.6. The summed E-state index contributed by atoms with van der Waals surface area (Å²) in [6.45, 7) is 0. The van der Waals surface area contributed by atoms with Gasteiger partial charge in [-0.25, -0.2) is 0 Å². The van der Waals surface area contributed by atoms with Crippen LogP contribution in [0.4, 0.5) is 5.69 Å². The molecule has 7 heteroatoms. The molecule has 0 spiro atoms. The summed E-state index contributed by atoms with van der Waals surface area (Å²) in [5, 5.41) is 14.5. The average molecular weight is 346 g/mol. The molecule has 0 unspecified atom stereocenters. The first-order valence-corrected chi connectivity index (χ1v) is 6.77. The number of hydrogen-bond acceptors (Lipinski definition) is 5. The van der Waals surface area contributed by atoms with Gasteiger partial charge in [0.25, 0.3) is 11.6 Å². The third-order valence-electron chi connectivity index (χ3n) is 2.83. The lowest BCUT2D eigenvalue weighted by molar-refractivity contribution is -0.384. The summed E-state index contributed by atoms with van der Waals surface area (Å²) in [6, 6.07) is 13.5. The van der Waals surface area contributed by atoms with Gasteiger partial charge in [0.1, 0.15) is 0 Å². The van der Waals surface area contributed by atoms with Crippen LogP contribution in [-0.4, -0.2) is 15.1 Å². The Morgan fingerprint density at radius 2 is 1.86 bits per heavy atom. The van der Waals surface area contributed by atoms with Crippen molar-refractivity contribution >= 4 is 21.6 Å². The normalized spacial score (nSPS) is 10.5. The van der Waals surface area contributed by atoms with Crippen LogP contribution in [0.1, 0.15) is 0 Å². The molecule has 1 heterocycles. The quantitative estimate of drug-likeness (QED) is 0.527. The number of nitrogens with zero attached hydrogens (tertiary/aromatic N) is 3. The standard InChI is InChI=1S/C14H8BrN3O3/c15-11-3-1-2-10(8-11)13-16-14(21-17-13)9-4-6-12(7-5-9)18(19)20/h1-8H. The summed E-state index contributed by atoms with van der Waals surface area (Å²) in [4.78, 5) is 14.5. The largest absolute Gasteiger partial charge is 0.334 e. The number of benzene rings is 2. The van der Waals surface area contributed by atoms with Crippen molar-refractivity contribution in [3.05, 3.63) is 63.1 Å². The monoisotopic (exact) mass is 345 g/mol. The number of aromatic nitrogens is 2. The van der Waals surface area contributed by atoms with Crippen LogP contribution in [0, 0.1) is 10.1 Å². The van der Waals surface area contributed by atoms with E-state index >= 15 is 0 Å². The lowest BCUT2D eigenvalue weighted by Gasteiger charge is -1.95. The second-order valence-electron chi connectivity index (χ2n) is 4.24. The van der Waals surface area contributed by atoms with E-state index in [1.165, 1.54) is 12.1 Å². The fraction of sp³-hybridized carbons (Fsp3) is 0. The van der Waals surface area contributed by atoms with Crippen molar-refractivity contribution in [2.75, 3.05) is 0 Å². The van der Waals surface area contributed by atoms with Crippen molar-refractivity contribution in [1.82, 2.24) is 10.1 Å². The molecule has 0 bridgehead atoms. The van der Waals surface area contributed by atoms with E-state index in [4.69, 9.17) is 4.52 Å². The molecular weight excluding hydrogens is 338 g/mol. The highest BCUT2D eigenvalue weighted by Gasteiger charge is 2.12. The topological polar surface area (TPSA) is 82.1 Å². The molecule has 0 aliphatic heterocycles. The van der Waals surface area contributed by atoms with Crippen LogP contribution in [-0.2, 0) is 0 Å². The molecule has 3 rings (SSSR count). The Kier molecular flexibility index (Phi) is 3.49.